The molecular formula is C42H55ClN8O8S. The third-order valence-electron chi connectivity index (χ3n) is 12.3. The summed E-state index contributed by atoms with van der Waals surface area (Å²) in [5.41, 5.74) is -0.693. The molecule has 5 fully saturated rings. The molecule has 16 nitrogen and oxygen atoms in total. The lowest BCUT2D eigenvalue weighted by Crippen LogP contribution is -2.67. The number of piperazine rings is 1. The molecule has 324 valence electrons. The number of nitrogens with zero attached hydrogens (tertiary/aromatic N) is 5. The first-order valence-electron chi connectivity index (χ1n) is 20.9. The van der Waals surface area contributed by atoms with Crippen LogP contribution in [0.25, 0.3) is 16.7 Å². The molecule has 5 aliphatic rings. The molecule has 8 rings (SSSR count). The molecule has 3 aliphatic heterocycles. The smallest absolute Gasteiger partial charge is 0.259 e. The number of nitrogens with one attached hydrogen (secondary N) is 3. The maximum absolute atomic E-state index is 14.5. The number of halogens is 1. The molecule has 5 heterocycles. The predicted molar refractivity (Wildman–Crippen MR) is 225 cm³/mol. The van der Waals surface area contributed by atoms with Crippen LogP contribution >= 0.6 is 11.6 Å². The van der Waals surface area contributed by atoms with E-state index in [0.717, 1.165) is 18.8 Å². The molecule has 2 aromatic heterocycles. The molecule has 0 bridgehead atoms. The maximum atomic E-state index is 14.5. The number of carbonyl (C=O) groups excluding carboxylic acids is 3. The second-order valence-electron chi connectivity index (χ2n) is 18.0. The highest BCUT2D eigenvalue weighted by molar-refractivity contribution is 7.91. The third kappa shape index (κ3) is 8.22. The van der Waals surface area contributed by atoms with Gasteiger partial charge < -0.3 is 29.7 Å². The number of hydrogen-bond acceptors (Lipinski definition) is 12. The minimum atomic E-state index is -3.88. The summed E-state index contributed by atoms with van der Waals surface area (Å²) in [5, 5.41) is 11.4. The van der Waals surface area contributed by atoms with Crippen molar-refractivity contribution in [3.05, 3.63) is 53.8 Å². The van der Waals surface area contributed by atoms with Gasteiger partial charge in [0.1, 0.15) is 40.8 Å². The van der Waals surface area contributed by atoms with Gasteiger partial charge in [0.2, 0.25) is 21.8 Å². The van der Waals surface area contributed by atoms with Crippen LogP contribution in [0.5, 0.6) is 11.5 Å². The average molecular weight is 867 g/mol. The normalized spacial score (nSPS) is 27.1. The molecule has 1 aromatic carbocycles. The van der Waals surface area contributed by atoms with Gasteiger partial charge in [-0.1, -0.05) is 52.3 Å². The van der Waals surface area contributed by atoms with E-state index in [2.05, 4.69) is 40.7 Å². The van der Waals surface area contributed by atoms with Crippen LogP contribution in [-0.4, -0.2) is 132 Å². The van der Waals surface area contributed by atoms with Crippen LogP contribution in [0.3, 0.4) is 0 Å². The Morgan fingerprint density at radius 3 is 2.57 bits per heavy atom. The van der Waals surface area contributed by atoms with E-state index in [1.165, 1.54) is 0 Å². The summed E-state index contributed by atoms with van der Waals surface area (Å²) in [6, 6.07) is 5.13. The number of benzene rings is 1. The molecule has 2 saturated carbocycles. The molecule has 18 heteroatoms. The fourth-order valence-corrected chi connectivity index (χ4v) is 10.2. The van der Waals surface area contributed by atoms with Gasteiger partial charge in [-0.3, -0.25) is 24.0 Å². The summed E-state index contributed by atoms with van der Waals surface area (Å²) < 4.78 is 48.1. The van der Waals surface area contributed by atoms with Crippen molar-refractivity contribution in [1.82, 2.24) is 39.9 Å². The van der Waals surface area contributed by atoms with Gasteiger partial charge in [0.15, 0.2) is 5.82 Å². The summed E-state index contributed by atoms with van der Waals surface area (Å²) in [7, 11) is -3.88. The van der Waals surface area contributed by atoms with Gasteiger partial charge in [-0.15, -0.1) is 6.58 Å². The Bertz CT molecular complexity index is 2290. The summed E-state index contributed by atoms with van der Waals surface area (Å²) in [6.07, 6.45) is 3.90. The van der Waals surface area contributed by atoms with Gasteiger partial charge in [0, 0.05) is 56.2 Å². The van der Waals surface area contributed by atoms with Gasteiger partial charge in [-0.2, -0.15) is 5.10 Å². The number of sulfonamides is 1. The Morgan fingerprint density at radius 1 is 1.17 bits per heavy atom. The van der Waals surface area contributed by atoms with E-state index in [-0.39, 0.29) is 24.7 Å². The SMILES string of the molecule is C=C[C@@H]1C[C@]1(NC(=O)[C@@H]1C[C@@H](Oc2cc(-n3ccc(C(C)C)n3)nc3c(Cl)c(OCCN4CCOCC4)ccc23)[C@H]2CN[C@H](C(C)(C)C)C(=O)N21)C(=O)NS(=O)(=O)C1CC1. The van der Waals surface area contributed by atoms with Crippen LogP contribution in [0, 0.1) is 11.3 Å². The van der Waals surface area contributed by atoms with E-state index in [1.54, 1.807) is 27.8 Å². The minimum Gasteiger partial charge on any atom is -0.491 e. The fourth-order valence-electron chi connectivity index (χ4n) is 8.55. The van der Waals surface area contributed by atoms with E-state index in [0.29, 0.717) is 79.0 Å². The third-order valence-corrected chi connectivity index (χ3v) is 14.5. The Kier molecular flexibility index (Phi) is 11.4. The molecule has 6 atom stereocenters. The highest BCUT2D eigenvalue weighted by Gasteiger charge is 2.63. The van der Waals surface area contributed by atoms with Crippen molar-refractivity contribution in [2.24, 2.45) is 11.3 Å². The Hall–Kier alpha value is -4.29. The molecular weight excluding hydrogens is 812 g/mol. The number of fused-ring (bicyclic) bond motifs is 2. The van der Waals surface area contributed by atoms with E-state index in [1.807, 2.05) is 39.1 Å². The molecule has 3 N–H and O–H groups in total. The number of carbonyl (C=O) groups is 3. The maximum Gasteiger partial charge on any atom is 0.259 e. The number of rotatable bonds is 14. The van der Waals surface area contributed by atoms with Crippen LogP contribution in [-0.2, 0) is 29.1 Å². The predicted octanol–water partition coefficient (Wildman–Crippen LogP) is 3.31. The lowest BCUT2D eigenvalue weighted by atomic mass is 9.84. The molecule has 60 heavy (non-hydrogen) atoms. The number of morpholine rings is 1. The van der Waals surface area contributed by atoms with E-state index in [9.17, 15) is 22.8 Å². The molecule has 0 radical (unpaired) electrons. The zero-order valence-electron chi connectivity index (χ0n) is 34.8. The monoisotopic (exact) mass is 866 g/mol. The van der Waals surface area contributed by atoms with E-state index < -0.39 is 68.2 Å². The van der Waals surface area contributed by atoms with Gasteiger partial charge in [0.05, 0.1) is 41.8 Å². The number of ether oxygens (including phenoxy) is 3. The van der Waals surface area contributed by atoms with Crippen LogP contribution in [0.4, 0.5) is 0 Å². The lowest BCUT2D eigenvalue weighted by molar-refractivity contribution is -0.148. The van der Waals surface area contributed by atoms with Crippen molar-refractivity contribution in [2.45, 2.75) is 101 Å². The minimum absolute atomic E-state index is 0.0898. The van der Waals surface area contributed by atoms with Gasteiger partial charge >= 0.3 is 0 Å². The van der Waals surface area contributed by atoms with Gasteiger partial charge in [0.25, 0.3) is 5.91 Å². The highest BCUT2D eigenvalue weighted by atomic mass is 35.5. The number of aromatic nitrogens is 3. The second kappa shape index (κ2) is 16.2. The van der Waals surface area contributed by atoms with E-state index in [4.69, 9.17) is 35.9 Å². The molecule has 2 aliphatic carbocycles. The summed E-state index contributed by atoms with van der Waals surface area (Å²) >= 11 is 7.10. The summed E-state index contributed by atoms with van der Waals surface area (Å²) in [5.74, 6) is -0.618. The number of amides is 3. The van der Waals surface area contributed by atoms with Crippen molar-refractivity contribution in [1.29, 1.82) is 0 Å². The van der Waals surface area contributed by atoms with Crippen LogP contribution in [0.2, 0.25) is 5.02 Å². The lowest BCUT2D eigenvalue weighted by Gasteiger charge is -2.43. The van der Waals surface area contributed by atoms with Crippen LogP contribution in [0.15, 0.2) is 43.1 Å². The zero-order valence-corrected chi connectivity index (χ0v) is 36.4. The van der Waals surface area contributed by atoms with Crippen molar-refractivity contribution >= 4 is 50.2 Å². The van der Waals surface area contributed by atoms with Crippen molar-refractivity contribution < 1.29 is 37.0 Å². The Balaban J connectivity index is 1.11. The average Bonchev–Trinajstić information content (AvgIpc) is 4.10. The summed E-state index contributed by atoms with van der Waals surface area (Å²) in [6.45, 7) is 18.3. The second-order valence-corrected chi connectivity index (χ2v) is 20.3. The Labute approximate surface area is 355 Å². The van der Waals surface area contributed by atoms with Gasteiger partial charge in [-0.25, -0.2) is 18.1 Å². The number of hydrogen-bond donors (Lipinski definition) is 3. The first kappa shape index (κ1) is 42.4. The topological polar surface area (TPSA) is 186 Å². The molecule has 3 aromatic rings. The Morgan fingerprint density at radius 2 is 1.92 bits per heavy atom. The first-order chi connectivity index (χ1) is 28.5. The van der Waals surface area contributed by atoms with Crippen LogP contribution in [0.1, 0.15) is 71.9 Å². The highest BCUT2D eigenvalue weighted by Crippen LogP contribution is 2.46. The molecule has 3 amide bonds. The quantitative estimate of drug-likeness (QED) is 0.201. The molecule has 0 unspecified atom stereocenters. The van der Waals surface area contributed by atoms with Crippen molar-refractivity contribution in [3.8, 4) is 17.3 Å². The number of pyridine rings is 1. The zero-order chi connectivity index (χ0) is 42.7. The van der Waals surface area contributed by atoms with Crippen LogP contribution < -0.4 is 24.8 Å². The first-order valence-corrected chi connectivity index (χ1v) is 22.8. The van der Waals surface area contributed by atoms with Crippen molar-refractivity contribution in [3.63, 3.8) is 0 Å². The molecule has 3 saturated heterocycles. The standard InChI is InChI=1S/C42H55ClN8O8S/c1-7-25-22-42(25,40(54)48-60(55,56)26-8-9-26)46-38(52)29-20-33(30-23-44-37(41(4,5)6)39(53)51(29)30)59-32-21-34(50-13-12-28(47-50)24(2)3)45-36-27(32)10-11-31(35(36)43)58-19-16-49-14-17-57-18-15-49/h7,10-13,21,24-26,29-30,33,37,44H,1,8-9,14-20,22-23H2,2-6H3,(H,46,52)(H,48,54)/t25-,29+,30-,33-,37+,42-/m1/s1. The molecule has 0 spiro atoms. The fraction of sp³-hybridized carbons (Fsp3) is 0.595. The largest absolute Gasteiger partial charge is 0.491 e. The summed E-state index contributed by atoms with van der Waals surface area (Å²) in [4.78, 5) is 51.4. The van der Waals surface area contributed by atoms with E-state index >= 15 is 0 Å². The van der Waals surface area contributed by atoms with Crippen molar-refractivity contribution in [2.75, 3.05) is 46.0 Å². The van der Waals surface area contributed by atoms with Gasteiger partial charge in [-0.05, 0) is 48.8 Å².